The van der Waals surface area contributed by atoms with Gasteiger partial charge < -0.3 is 4.90 Å². The summed E-state index contributed by atoms with van der Waals surface area (Å²) in [5.74, 6) is -0.126. The lowest BCUT2D eigenvalue weighted by Crippen LogP contribution is -2.49. The molecule has 0 unspecified atom stereocenters. The van der Waals surface area contributed by atoms with Crippen LogP contribution < -0.4 is 0 Å². The highest BCUT2D eigenvalue weighted by Gasteiger charge is 2.30. The first-order valence-electron chi connectivity index (χ1n) is 11.9. The molecule has 1 heterocycles. The average Bonchev–Trinajstić information content (AvgIpc) is 2.87. The Bertz CT molecular complexity index is 1240. The molecule has 184 valence electrons. The number of sulfonamides is 1. The molecule has 1 fully saturated rings. The molecule has 0 aromatic heterocycles. The van der Waals surface area contributed by atoms with Gasteiger partial charge in [-0.15, -0.1) is 0 Å². The van der Waals surface area contributed by atoms with Crippen molar-refractivity contribution in [1.29, 1.82) is 0 Å². The number of hydrogen-bond donors (Lipinski definition) is 0. The minimum atomic E-state index is -3.64. The molecule has 1 saturated heterocycles. The second kappa shape index (κ2) is 10.3. The van der Waals surface area contributed by atoms with Crippen LogP contribution in [0.5, 0.6) is 0 Å². The van der Waals surface area contributed by atoms with Gasteiger partial charge in [-0.2, -0.15) is 0 Å². The second-order valence-corrected chi connectivity index (χ2v) is 11.4. The number of carbonyl (C=O) groups excluding carboxylic acids is 1. The normalized spacial score (nSPS) is 15.1. The van der Waals surface area contributed by atoms with Crippen molar-refractivity contribution in [1.82, 2.24) is 14.1 Å². The average molecular weight is 492 g/mol. The number of nitrogens with zero attached hydrogens (tertiary/aromatic N) is 3. The van der Waals surface area contributed by atoms with E-state index in [1.54, 1.807) is 13.0 Å². The van der Waals surface area contributed by atoms with Crippen molar-refractivity contribution < 1.29 is 13.2 Å². The molecule has 1 aliphatic rings. The maximum Gasteiger partial charge on any atom is 0.253 e. The largest absolute Gasteiger partial charge is 0.336 e. The number of hydrogen-bond acceptors (Lipinski definition) is 4. The lowest BCUT2D eigenvalue weighted by molar-refractivity contribution is 0.0597. The molecule has 35 heavy (non-hydrogen) atoms. The first kappa shape index (κ1) is 25.1. The Hall–Kier alpha value is -3.00. The van der Waals surface area contributed by atoms with E-state index in [0.29, 0.717) is 24.2 Å². The van der Waals surface area contributed by atoms with Crippen LogP contribution in [0.3, 0.4) is 0 Å². The van der Waals surface area contributed by atoms with Gasteiger partial charge in [-0.1, -0.05) is 60.7 Å². The standard InChI is InChI=1S/C28H33N3O3S/c1-21-19-25(20-26(22(21)2)35(33,34)29(3)4)28(32)31-17-15-30(16-18-31)27(23-11-7-5-8-12-23)24-13-9-6-10-14-24/h5-14,19-20,27H,15-18H2,1-4H3. The monoisotopic (exact) mass is 491 g/mol. The molecule has 1 aliphatic heterocycles. The smallest absolute Gasteiger partial charge is 0.253 e. The van der Waals surface area contributed by atoms with Crippen LogP contribution in [0.25, 0.3) is 0 Å². The zero-order valence-corrected chi connectivity index (χ0v) is 21.6. The minimum Gasteiger partial charge on any atom is -0.336 e. The van der Waals surface area contributed by atoms with E-state index in [-0.39, 0.29) is 16.8 Å². The van der Waals surface area contributed by atoms with Crippen molar-refractivity contribution in [2.24, 2.45) is 0 Å². The zero-order chi connectivity index (χ0) is 25.2. The topological polar surface area (TPSA) is 60.9 Å². The van der Waals surface area contributed by atoms with Gasteiger partial charge in [0.05, 0.1) is 10.9 Å². The highest BCUT2D eigenvalue weighted by molar-refractivity contribution is 7.89. The summed E-state index contributed by atoms with van der Waals surface area (Å²) in [5, 5.41) is 0. The number of aryl methyl sites for hydroxylation is 1. The molecule has 6 nitrogen and oxygen atoms in total. The van der Waals surface area contributed by atoms with Crippen molar-refractivity contribution in [2.45, 2.75) is 24.8 Å². The number of piperazine rings is 1. The Labute approximate surface area is 208 Å². The van der Waals surface area contributed by atoms with E-state index >= 15 is 0 Å². The number of benzene rings is 3. The van der Waals surface area contributed by atoms with Crippen molar-refractivity contribution >= 4 is 15.9 Å². The van der Waals surface area contributed by atoms with Gasteiger partial charge in [-0.25, -0.2) is 12.7 Å². The molecule has 7 heteroatoms. The predicted octanol–water partition coefficient (Wildman–Crippen LogP) is 4.10. The fraction of sp³-hybridized carbons (Fsp3) is 0.321. The summed E-state index contributed by atoms with van der Waals surface area (Å²) < 4.78 is 26.9. The first-order chi connectivity index (χ1) is 16.7. The quantitative estimate of drug-likeness (QED) is 0.521. The summed E-state index contributed by atoms with van der Waals surface area (Å²) in [6, 6.07) is 24.3. The van der Waals surface area contributed by atoms with Crippen LogP contribution >= 0.6 is 0 Å². The Morgan fingerprint density at radius 2 is 1.34 bits per heavy atom. The molecule has 0 bridgehead atoms. The predicted molar refractivity (Wildman–Crippen MR) is 139 cm³/mol. The maximum atomic E-state index is 13.4. The van der Waals surface area contributed by atoms with E-state index < -0.39 is 10.0 Å². The molecular formula is C28H33N3O3S. The molecule has 4 rings (SSSR count). The van der Waals surface area contributed by atoms with Gasteiger partial charge in [0, 0.05) is 45.8 Å². The molecule has 0 saturated carbocycles. The summed E-state index contributed by atoms with van der Waals surface area (Å²) in [4.78, 5) is 17.9. The van der Waals surface area contributed by atoms with Gasteiger partial charge in [0.1, 0.15) is 0 Å². The Morgan fingerprint density at radius 3 is 1.83 bits per heavy atom. The molecule has 3 aromatic rings. The summed E-state index contributed by atoms with van der Waals surface area (Å²) in [6.07, 6.45) is 0. The van der Waals surface area contributed by atoms with Crippen molar-refractivity contribution in [3.05, 3.63) is 101 Å². The van der Waals surface area contributed by atoms with Crippen molar-refractivity contribution in [3.8, 4) is 0 Å². The van der Waals surface area contributed by atoms with Crippen LogP contribution in [0.4, 0.5) is 0 Å². The van der Waals surface area contributed by atoms with Crippen LogP contribution in [-0.4, -0.2) is 68.7 Å². The molecule has 0 radical (unpaired) electrons. The molecule has 3 aromatic carbocycles. The van der Waals surface area contributed by atoms with Crippen LogP contribution in [0.15, 0.2) is 77.7 Å². The highest BCUT2D eigenvalue weighted by Crippen LogP contribution is 2.30. The zero-order valence-electron chi connectivity index (χ0n) is 20.8. The van der Waals surface area contributed by atoms with Crippen molar-refractivity contribution in [3.63, 3.8) is 0 Å². The fourth-order valence-electron chi connectivity index (χ4n) is 4.67. The van der Waals surface area contributed by atoms with Crippen LogP contribution in [-0.2, 0) is 10.0 Å². The van der Waals surface area contributed by atoms with E-state index in [4.69, 9.17) is 0 Å². The van der Waals surface area contributed by atoms with Gasteiger partial charge >= 0.3 is 0 Å². The van der Waals surface area contributed by atoms with E-state index in [9.17, 15) is 13.2 Å². The Kier molecular flexibility index (Phi) is 7.40. The molecule has 1 amide bonds. The van der Waals surface area contributed by atoms with Crippen molar-refractivity contribution in [2.75, 3.05) is 40.3 Å². The molecular weight excluding hydrogens is 458 g/mol. The molecule has 0 aliphatic carbocycles. The van der Waals surface area contributed by atoms with Gasteiger partial charge in [0.25, 0.3) is 5.91 Å². The van der Waals surface area contributed by atoms with Gasteiger partial charge in [0.15, 0.2) is 0 Å². The molecule has 0 N–H and O–H groups in total. The van der Waals surface area contributed by atoms with Gasteiger partial charge in [0.2, 0.25) is 10.0 Å². The van der Waals surface area contributed by atoms with E-state index in [1.807, 2.05) is 24.0 Å². The summed E-state index contributed by atoms with van der Waals surface area (Å²) in [6.45, 7) is 6.26. The van der Waals surface area contributed by atoms with E-state index in [2.05, 4.69) is 53.4 Å². The second-order valence-electron chi connectivity index (χ2n) is 9.26. The summed E-state index contributed by atoms with van der Waals surface area (Å²) in [5.41, 5.74) is 4.35. The summed E-state index contributed by atoms with van der Waals surface area (Å²) >= 11 is 0. The van der Waals surface area contributed by atoms with Crippen LogP contribution in [0, 0.1) is 13.8 Å². The SMILES string of the molecule is Cc1cc(C(=O)N2CCN(C(c3ccccc3)c3ccccc3)CC2)cc(S(=O)(=O)N(C)C)c1C. The Morgan fingerprint density at radius 1 is 0.829 bits per heavy atom. The first-order valence-corrected chi connectivity index (χ1v) is 13.3. The summed E-state index contributed by atoms with van der Waals surface area (Å²) in [7, 11) is -0.628. The fourth-order valence-corrected chi connectivity index (χ4v) is 5.88. The lowest BCUT2D eigenvalue weighted by Gasteiger charge is -2.40. The third-order valence-electron chi connectivity index (χ3n) is 6.82. The maximum absolute atomic E-state index is 13.4. The van der Waals surface area contributed by atoms with Gasteiger partial charge in [-0.3, -0.25) is 9.69 Å². The third-order valence-corrected chi connectivity index (χ3v) is 8.76. The molecule has 0 spiro atoms. The molecule has 0 atom stereocenters. The number of rotatable bonds is 6. The third kappa shape index (κ3) is 5.17. The number of carbonyl (C=O) groups is 1. The van der Waals surface area contributed by atoms with E-state index in [0.717, 1.165) is 18.7 Å². The van der Waals surface area contributed by atoms with Gasteiger partial charge in [-0.05, 0) is 48.2 Å². The lowest BCUT2D eigenvalue weighted by atomic mass is 9.96. The van der Waals surface area contributed by atoms with Crippen LogP contribution in [0.1, 0.15) is 38.7 Å². The minimum absolute atomic E-state index is 0.119. The van der Waals surface area contributed by atoms with Crippen LogP contribution in [0.2, 0.25) is 0 Å². The Balaban J connectivity index is 1.56. The number of amides is 1. The highest BCUT2D eigenvalue weighted by atomic mass is 32.2. The van der Waals surface area contributed by atoms with E-state index in [1.165, 1.54) is 35.6 Å².